The monoisotopic (exact) mass is 226 g/mol. The summed E-state index contributed by atoms with van der Waals surface area (Å²) in [6.07, 6.45) is 1.75. The predicted octanol–water partition coefficient (Wildman–Crippen LogP) is 2.26. The van der Waals surface area contributed by atoms with Crippen LogP contribution in [0, 0.1) is 0 Å². The Labute approximate surface area is 93.0 Å². The van der Waals surface area contributed by atoms with Gasteiger partial charge in [-0.1, -0.05) is 23.7 Å². The molecule has 15 heavy (non-hydrogen) atoms. The lowest BCUT2D eigenvalue weighted by Crippen LogP contribution is -2.03. The van der Waals surface area contributed by atoms with Crippen LogP contribution >= 0.6 is 11.6 Å². The molecular weight excluding hydrogens is 216 g/mol. The summed E-state index contributed by atoms with van der Waals surface area (Å²) >= 11 is 6.00. The quantitative estimate of drug-likeness (QED) is 0.584. The van der Waals surface area contributed by atoms with Gasteiger partial charge in [-0.3, -0.25) is 0 Å². The first-order valence-corrected chi connectivity index (χ1v) is 4.87. The highest BCUT2D eigenvalue weighted by Gasteiger charge is 2.12. The molecule has 0 radical (unpaired) electrons. The second-order valence-electron chi connectivity index (χ2n) is 2.98. The highest BCUT2D eigenvalue weighted by molar-refractivity contribution is 6.34. The first-order valence-electron chi connectivity index (χ1n) is 4.50. The van der Waals surface area contributed by atoms with E-state index in [1.807, 2.05) is 0 Å². The summed E-state index contributed by atoms with van der Waals surface area (Å²) in [5.74, 6) is -0.465. The average molecular weight is 227 g/mol. The van der Waals surface area contributed by atoms with Gasteiger partial charge >= 0.3 is 5.97 Å². The van der Waals surface area contributed by atoms with Gasteiger partial charge in [-0.2, -0.15) is 0 Å². The standard InChI is InChI=1S/C11H11ClO3/c1-15-11(14)9-6-2-4-8(10(9)12)5-3-7-13/h2,4,6-7H,3,5H2,1H3. The highest BCUT2D eigenvalue weighted by Crippen LogP contribution is 2.22. The van der Waals surface area contributed by atoms with E-state index in [2.05, 4.69) is 4.74 Å². The van der Waals surface area contributed by atoms with Crippen molar-refractivity contribution in [1.82, 2.24) is 0 Å². The summed E-state index contributed by atoms with van der Waals surface area (Å²) in [4.78, 5) is 21.5. The Kier molecular flexibility index (Phi) is 4.31. The average Bonchev–Trinajstić information content (AvgIpc) is 2.27. The summed E-state index contributed by atoms with van der Waals surface area (Å²) in [7, 11) is 1.30. The van der Waals surface area contributed by atoms with Crippen LogP contribution in [0.3, 0.4) is 0 Å². The largest absolute Gasteiger partial charge is 0.465 e. The molecule has 0 aliphatic rings. The molecular formula is C11H11ClO3. The molecule has 3 nitrogen and oxygen atoms in total. The maximum Gasteiger partial charge on any atom is 0.339 e. The third-order valence-corrected chi connectivity index (χ3v) is 2.46. The molecule has 0 aliphatic carbocycles. The maximum atomic E-state index is 11.3. The number of aryl methyl sites for hydroxylation is 1. The van der Waals surface area contributed by atoms with Gasteiger partial charge in [0.1, 0.15) is 6.29 Å². The minimum atomic E-state index is -0.465. The zero-order valence-corrected chi connectivity index (χ0v) is 9.08. The molecule has 4 heteroatoms. The van der Waals surface area contributed by atoms with Crippen LogP contribution in [0.1, 0.15) is 22.3 Å². The lowest BCUT2D eigenvalue weighted by atomic mass is 10.1. The molecule has 0 saturated heterocycles. The number of aldehydes is 1. The zero-order chi connectivity index (χ0) is 11.3. The molecule has 0 fully saturated rings. The van der Waals surface area contributed by atoms with Crippen LogP contribution in [-0.2, 0) is 16.0 Å². The van der Waals surface area contributed by atoms with E-state index in [0.29, 0.717) is 23.4 Å². The van der Waals surface area contributed by atoms with Crippen molar-refractivity contribution < 1.29 is 14.3 Å². The number of carbonyl (C=O) groups is 2. The van der Waals surface area contributed by atoms with Crippen molar-refractivity contribution in [2.45, 2.75) is 12.8 Å². The van der Waals surface area contributed by atoms with Gasteiger partial charge in [0.05, 0.1) is 17.7 Å². The number of esters is 1. The van der Waals surface area contributed by atoms with Crippen molar-refractivity contribution in [2.24, 2.45) is 0 Å². The second-order valence-corrected chi connectivity index (χ2v) is 3.35. The van der Waals surface area contributed by atoms with Gasteiger partial charge in [-0.05, 0) is 18.1 Å². The maximum absolute atomic E-state index is 11.3. The summed E-state index contributed by atoms with van der Waals surface area (Å²) in [5.41, 5.74) is 1.12. The van der Waals surface area contributed by atoms with Crippen LogP contribution in [0.15, 0.2) is 18.2 Å². The van der Waals surface area contributed by atoms with Gasteiger partial charge < -0.3 is 9.53 Å². The normalized spacial score (nSPS) is 9.73. The van der Waals surface area contributed by atoms with Gasteiger partial charge in [0, 0.05) is 6.42 Å². The Bertz CT molecular complexity index is 374. The number of carbonyl (C=O) groups excluding carboxylic acids is 2. The lowest BCUT2D eigenvalue weighted by Gasteiger charge is -2.06. The second kappa shape index (κ2) is 5.51. The van der Waals surface area contributed by atoms with E-state index in [4.69, 9.17) is 11.6 Å². The van der Waals surface area contributed by atoms with Crippen LogP contribution in [0.25, 0.3) is 0 Å². The Morgan fingerprint density at radius 2 is 2.27 bits per heavy atom. The molecule has 0 spiro atoms. The van der Waals surface area contributed by atoms with Crippen molar-refractivity contribution in [3.05, 3.63) is 34.3 Å². The zero-order valence-electron chi connectivity index (χ0n) is 8.33. The highest BCUT2D eigenvalue weighted by atomic mass is 35.5. The van der Waals surface area contributed by atoms with Crippen molar-refractivity contribution in [2.75, 3.05) is 7.11 Å². The van der Waals surface area contributed by atoms with Crippen molar-refractivity contribution in [3.8, 4) is 0 Å². The van der Waals surface area contributed by atoms with Gasteiger partial charge in [-0.25, -0.2) is 4.79 Å². The van der Waals surface area contributed by atoms with E-state index in [1.54, 1.807) is 18.2 Å². The smallest absolute Gasteiger partial charge is 0.339 e. The van der Waals surface area contributed by atoms with Crippen molar-refractivity contribution in [1.29, 1.82) is 0 Å². The fraction of sp³-hybridized carbons (Fsp3) is 0.273. The minimum Gasteiger partial charge on any atom is -0.465 e. The van der Waals surface area contributed by atoms with Crippen molar-refractivity contribution in [3.63, 3.8) is 0 Å². The van der Waals surface area contributed by atoms with Crippen LogP contribution in [0.4, 0.5) is 0 Å². The minimum absolute atomic E-state index is 0.336. The Morgan fingerprint density at radius 3 is 2.87 bits per heavy atom. The fourth-order valence-electron chi connectivity index (χ4n) is 1.25. The molecule has 0 heterocycles. The number of halogens is 1. The summed E-state index contributed by atoms with van der Waals surface area (Å²) in [6.45, 7) is 0. The van der Waals surface area contributed by atoms with Gasteiger partial charge in [-0.15, -0.1) is 0 Å². The van der Waals surface area contributed by atoms with E-state index >= 15 is 0 Å². The number of methoxy groups -OCH3 is 1. The topological polar surface area (TPSA) is 43.4 Å². The molecule has 1 rings (SSSR count). The molecule has 0 unspecified atom stereocenters. The fourth-order valence-corrected chi connectivity index (χ4v) is 1.55. The molecule has 0 bridgehead atoms. The van der Waals surface area contributed by atoms with Crippen molar-refractivity contribution >= 4 is 23.9 Å². The van der Waals surface area contributed by atoms with Gasteiger partial charge in [0.25, 0.3) is 0 Å². The van der Waals surface area contributed by atoms with Crippen LogP contribution in [0.2, 0.25) is 5.02 Å². The molecule has 0 saturated carbocycles. The Balaban J connectivity index is 2.99. The number of ether oxygens (including phenoxy) is 1. The first kappa shape index (κ1) is 11.7. The van der Waals surface area contributed by atoms with Crippen LogP contribution in [-0.4, -0.2) is 19.4 Å². The van der Waals surface area contributed by atoms with E-state index < -0.39 is 5.97 Å². The first-order chi connectivity index (χ1) is 7.20. The van der Waals surface area contributed by atoms with E-state index in [0.717, 1.165) is 11.8 Å². The molecule has 0 amide bonds. The molecule has 0 aromatic heterocycles. The molecule has 1 aromatic carbocycles. The number of benzene rings is 1. The third-order valence-electron chi connectivity index (χ3n) is 2.02. The summed E-state index contributed by atoms with van der Waals surface area (Å²) in [5, 5.41) is 0.367. The molecule has 80 valence electrons. The van der Waals surface area contributed by atoms with Gasteiger partial charge in [0.15, 0.2) is 0 Å². The predicted molar refractivity (Wildman–Crippen MR) is 57.2 cm³/mol. The van der Waals surface area contributed by atoms with Gasteiger partial charge in [0.2, 0.25) is 0 Å². The summed E-state index contributed by atoms with van der Waals surface area (Å²) in [6, 6.07) is 5.11. The molecule has 1 aromatic rings. The van der Waals surface area contributed by atoms with E-state index in [1.165, 1.54) is 7.11 Å². The number of hydrogen-bond donors (Lipinski definition) is 0. The van der Waals surface area contributed by atoms with E-state index in [-0.39, 0.29) is 0 Å². The molecule has 0 N–H and O–H groups in total. The lowest BCUT2D eigenvalue weighted by molar-refractivity contribution is -0.107. The SMILES string of the molecule is COC(=O)c1cccc(CCC=O)c1Cl. The Morgan fingerprint density at radius 1 is 1.53 bits per heavy atom. The number of hydrogen-bond acceptors (Lipinski definition) is 3. The van der Waals surface area contributed by atoms with Crippen LogP contribution in [0.5, 0.6) is 0 Å². The molecule has 0 aliphatic heterocycles. The summed E-state index contributed by atoms with van der Waals surface area (Å²) < 4.78 is 4.58. The third kappa shape index (κ3) is 2.80. The van der Waals surface area contributed by atoms with E-state index in [9.17, 15) is 9.59 Å². The molecule has 0 atom stereocenters. The Hall–Kier alpha value is -1.35. The number of rotatable bonds is 4. The van der Waals surface area contributed by atoms with Crippen LogP contribution < -0.4 is 0 Å².